The Morgan fingerprint density at radius 3 is 2.83 bits per heavy atom. The number of oxazole rings is 1. The molecule has 3 rings (SSSR count). The van der Waals surface area contributed by atoms with E-state index in [1.54, 1.807) is 6.92 Å². The van der Waals surface area contributed by atoms with Gasteiger partial charge in [-0.2, -0.15) is 0 Å². The summed E-state index contributed by atoms with van der Waals surface area (Å²) in [5.74, 6) is 0.288. The van der Waals surface area contributed by atoms with Crippen LogP contribution in [0.2, 0.25) is 0 Å². The predicted molar refractivity (Wildman–Crippen MR) is 83.8 cm³/mol. The lowest BCUT2D eigenvalue weighted by molar-refractivity contribution is -0.0603. The molecular formula is C17H20N2O4. The molecule has 1 unspecified atom stereocenters. The van der Waals surface area contributed by atoms with Crippen LogP contribution in [0.5, 0.6) is 0 Å². The number of carbonyl (C=O) groups is 1. The molecule has 0 spiro atoms. The molecular weight excluding hydrogens is 296 g/mol. The number of aromatic nitrogens is 1. The molecule has 0 bridgehead atoms. The zero-order valence-electron chi connectivity index (χ0n) is 13.0. The van der Waals surface area contributed by atoms with Gasteiger partial charge in [-0.1, -0.05) is 18.2 Å². The van der Waals surface area contributed by atoms with Crippen LogP contribution in [0.3, 0.4) is 0 Å². The molecule has 23 heavy (non-hydrogen) atoms. The molecule has 0 saturated carbocycles. The molecule has 2 heterocycles. The minimum absolute atomic E-state index is 0.100. The van der Waals surface area contributed by atoms with E-state index in [0.29, 0.717) is 31.0 Å². The highest BCUT2D eigenvalue weighted by atomic mass is 16.4. The molecule has 1 amide bonds. The lowest BCUT2D eigenvalue weighted by Crippen LogP contribution is -2.52. The van der Waals surface area contributed by atoms with E-state index in [1.807, 2.05) is 30.3 Å². The molecule has 1 atom stereocenters. The first-order valence-corrected chi connectivity index (χ1v) is 7.68. The van der Waals surface area contributed by atoms with Crippen LogP contribution in [0, 0.1) is 6.92 Å². The predicted octanol–water partition coefficient (Wildman–Crippen LogP) is 1.61. The summed E-state index contributed by atoms with van der Waals surface area (Å²) in [5, 5.41) is 19.5. The zero-order chi connectivity index (χ0) is 16.4. The van der Waals surface area contributed by atoms with E-state index in [9.17, 15) is 15.0 Å². The number of rotatable bonds is 3. The average Bonchev–Trinajstić information content (AvgIpc) is 2.97. The molecule has 6 nitrogen and oxygen atoms in total. The van der Waals surface area contributed by atoms with Crippen molar-refractivity contribution >= 4 is 5.91 Å². The van der Waals surface area contributed by atoms with Gasteiger partial charge in [0.05, 0.1) is 18.8 Å². The van der Waals surface area contributed by atoms with Crippen LogP contribution >= 0.6 is 0 Å². The number of carbonyl (C=O) groups excluding carboxylic acids is 1. The fourth-order valence-electron chi connectivity index (χ4n) is 2.86. The molecule has 1 aliphatic rings. The summed E-state index contributed by atoms with van der Waals surface area (Å²) in [5.41, 5.74) is 0.0940. The molecule has 0 aliphatic carbocycles. The Labute approximate surface area is 134 Å². The summed E-state index contributed by atoms with van der Waals surface area (Å²) in [6, 6.07) is 9.38. The number of nitrogens with zero attached hydrogens (tertiary/aromatic N) is 2. The van der Waals surface area contributed by atoms with E-state index in [-0.39, 0.29) is 24.8 Å². The Morgan fingerprint density at radius 2 is 2.13 bits per heavy atom. The fraction of sp³-hybridized carbons (Fsp3) is 0.412. The Morgan fingerprint density at radius 1 is 1.39 bits per heavy atom. The van der Waals surface area contributed by atoms with Crippen molar-refractivity contribution < 1.29 is 19.4 Å². The molecule has 1 aromatic heterocycles. The zero-order valence-corrected chi connectivity index (χ0v) is 13.0. The number of hydrogen-bond donors (Lipinski definition) is 2. The van der Waals surface area contributed by atoms with E-state index < -0.39 is 5.60 Å². The van der Waals surface area contributed by atoms with Crippen molar-refractivity contribution in [1.29, 1.82) is 0 Å². The standard InChI is InChI=1S/C17H20N2O4/c1-12-14(23-15(18-12)13-6-3-2-4-7-13)16(21)19-9-5-8-17(22,10-19)11-20/h2-4,6-7,20,22H,5,8-11H2,1H3. The van der Waals surface area contributed by atoms with Gasteiger partial charge in [0.15, 0.2) is 0 Å². The molecule has 1 saturated heterocycles. The summed E-state index contributed by atoms with van der Waals surface area (Å²) >= 11 is 0. The number of aryl methyl sites for hydroxylation is 1. The third-order valence-electron chi connectivity index (χ3n) is 4.15. The third-order valence-corrected chi connectivity index (χ3v) is 4.15. The van der Waals surface area contributed by atoms with Gasteiger partial charge in [-0.15, -0.1) is 0 Å². The van der Waals surface area contributed by atoms with E-state index in [4.69, 9.17) is 4.42 Å². The summed E-state index contributed by atoms with van der Waals surface area (Å²) < 4.78 is 5.67. The molecule has 0 radical (unpaired) electrons. The maximum atomic E-state index is 12.7. The summed E-state index contributed by atoms with van der Waals surface area (Å²) in [4.78, 5) is 18.5. The van der Waals surface area contributed by atoms with Gasteiger partial charge in [-0.3, -0.25) is 4.79 Å². The van der Waals surface area contributed by atoms with Crippen molar-refractivity contribution in [3.05, 3.63) is 41.8 Å². The molecule has 122 valence electrons. The van der Waals surface area contributed by atoms with Crippen LogP contribution < -0.4 is 0 Å². The summed E-state index contributed by atoms with van der Waals surface area (Å²) in [6.45, 7) is 2.00. The number of aliphatic hydroxyl groups excluding tert-OH is 1. The molecule has 2 N–H and O–H groups in total. The van der Waals surface area contributed by atoms with Crippen LogP contribution in [-0.4, -0.2) is 51.3 Å². The number of likely N-dealkylation sites (tertiary alicyclic amines) is 1. The Hall–Kier alpha value is -2.18. The SMILES string of the molecule is Cc1nc(-c2ccccc2)oc1C(=O)N1CCCC(O)(CO)C1. The van der Waals surface area contributed by atoms with E-state index in [1.165, 1.54) is 4.90 Å². The first-order valence-electron chi connectivity index (χ1n) is 7.68. The van der Waals surface area contributed by atoms with Crippen LogP contribution in [0.25, 0.3) is 11.5 Å². The average molecular weight is 316 g/mol. The molecule has 1 aromatic carbocycles. The Balaban J connectivity index is 1.84. The largest absolute Gasteiger partial charge is 0.431 e. The number of β-amino-alcohol motifs (C(OH)–C–C–N with tert-alkyl or cyclic N) is 1. The summed E-state index contributed by atoms with van der Waals surface area (Å²) in [7, 11) is 0. The maximum absolute atomic E-state index is 12.7. The monoisotopic (exact) mass is 316 g/mol. The topological polar surface area (TPSA) is 86.8 Å². The Bertz CT molecular complexity index is 698. The second kappa shape index (κ2) is 6.14. The van der Waals surface area contributed by atoms with Gasteiger partial charge < -0.3 is 19.5 Å². The highest BCUT2D eigenvalue weighted by molar-refractivity contribution is 5.93. The van der Waals surface area contributed by atoms with Crippen molar-refractivity contribution in [1.82, 2.24) is 9.88 Å². The highest BCUT2D eigenvalue weighted by Crippen LogP contribution is 2.26. The molecule has 1 fully saturated rings. The first-order chi connectivity index (χ1) is 11.0. The number of piperidine rings is 1. The van der Waals surface area contributed by atoms with Crippen LogP contribution in [0.1, 0.15) is 29.1 Å². The normalized spacial score (nSPS) is 21.4. The van der Waals surface area contributed by atoms with Crippen molar-refractivity contribution in [2.75, 3.05) is 19.7 Å². The third kappa shape index (κ3) is 3.13. The van der Waals surface area contributed by atoms with Gasteiger partial charge in [0.1, 0.15) is 5.60 Å². The Kier molecular flexibility index (Phi) is 4.19. The summed E-state index contributed by atoms with van der Waals surface area (Å²) in [6.07, 6.45) is 1.12. The maximum Gasteiger partial charge on any atom is 0.291 e. The smallest absolute Gasteiger partial charge is 0.291 e. The van der Waals surface area contributed by atoms with Gasteiger partial charge in [0.25, 0.3) is 5.91 Å². The van der Waals surface area contributed by atoms with E-state index >= 15 is 0 Å². The quantitative estimate of drug-likeness (QED) is 0.898. The van der Waals surface area contributed by atoms with Crippen LogP contribution in [0.15, 0.2) is 34.7 Å². The second-order valence-corrected chi connectivity index (χ2v) is 6.01. The minimum Gasteiger partial charge on any atom is -0.431 e. The lowest BCUT2D eigenvalue weighted by Gasteiger charge is -2.37. The number of aliphatic hydroxyl groups is 2. The van der Waals surface area contributed by atoms with Crippen LogP contribution in [0.4, 0.5) is 0 Å². The molecule has 6 heteroatoms. The van der Waals surface area contributed by atoms with Gasteiger partial charge in [-0.25, -0.2) is 4.98 Å². The first kappa shape index (κ1) is 15.7. The van der Waals surface area contributed by atoms with Gasteiger partial charge >= 0.3 is 0 Å². The fourth-order valence-corrected chi connectivity index (χ4v) is 2.86. The van der Waals surface area contributed by atoms with Crippen molar-refractivity contribution in [2.45, 2.75) is 25.4 Å². The molecule has 1 aliphatic heterocycles. The van der Waals surface area contributed by atoms with E-state index in [2.05, 4.69) is 4.98 Å². The molecule has 2 aromatic rings. The minimum atomic E-state index is -1.23. The van der Waals surface area contributed by atoms with Crippen molar-refractivity contribution in [2.24, 2.45) is 0 Å². The number of hydrogen-bond acceptors (Lipinski definition) is 5. The highest BCUT2D eigenvalue weighted by Gasteiger charge is 2.36. The number of amides is 1. The van der Waals surface area contributed by atoms with Crippen molar-refractivity contribution in [3.8, 4) is 11.5 Å². The number of benzene rings is 1. The lowest BCUT2D eigenvalue weighted by atomic mass is 9.93. The second-order valence-electron chi connectivity index (χ2n) is 6.01. The van der Waals surface area contributed by atoms with Gasteiger partial charge in [0, 0.05) is 12.1 Å². The van der Waals surface area contributed by atoms with Gasteiger partial charge in [0.2, 0.25) is 11.7 Å². The van der Waals surface area contributed by atoms with Crippen molar-refractivity contribution in [3.63, 3.8) is 0 Å². The van der Waals surface area contributed by atoms with E-state index in [0.717, 1.165) is 5.56 Å². The van der Waals surface area contributed by atoms with Gasteiger partial charge in [-0.05, 0) is 31.9 Å². The van der Waals surface area contributed by atoms with Crippen LogP contribution in [-0.2, 0) is 0 Å².